The molecule has 0 fully saturated rings. The quantitative estimate of drug-likeness (QED) is 0.278. The molecule has 10 nitrogen and oxygen atoms in total. The molecule has 5 aromatic rings. The minimum Gasteiger partial charge on any atom is -0.384 e. The summed E-state index contributed by atoms with van der Waals surface area (Å²) in [4.78, 5) is 55.2. The SMILES string of the molecule is CC(C)n1cc(-c2nc3c(C(=O)NCc4cccc(C(C)(C)O)n4)cc(=O)[nH]c3nc2-c2ccccc2)ccc1=O. The van der Waals surface area contributed by atoms with Crippen molar-refractivity contribution in [3.63, 3.8) is 0 Å². The zero-order chi connectivity index (χ0) is 29.3. The topological polar surface area (TPSA) is 143 Å². The number of amides is 1. The van der Waals surface area contributed by atoms with E-state index in [2.05, 4.69) is 15.3 Å². The second kappa shape index (κ2) is 10.9. The first-order valence-corrected chi connectivity index (χ1v) is 13.2. The molecule has 0 atom stereocenters. The molecule has 1 aromatic carbocycles. The number of pyridine rings is 3. The Balaban J connectivity index is 1.63. The Morgan fingerprint density at radius 1 is 0.951 bits per heavy atom. The summed E-state index contributed by atoms with van der Waals surface area (Å²) in [5.41, 5.74) is 1.98. The Labute approximate surface area is 235 Å². The summed E-state index contributed by atoms with van der Waals surface area (Å²) in [6.45, 7) is 7.16. The van der Waals surface area contributed by atoms with E-state index in [0.29, 0.717) is 28.3 Å². The van der Waals surface area contributed by atoms with Gasteiger partial charge in [-0.1, -0.05) is 36.4 Å². The van der Waals surface area contributed by atoms with E-state index >= 15 is 0 Å². The van der Waals surface area contributed by atoms with Crippen LogP contribution in [0.2, 0.25) is 0 Å². The molecule has 10 heteroatoms. The van der Waals surface area contributed by atoms with Crippen molar-refractivity contribution in [1.29, 1.82) is 0 Å². The van der Waals surface area contributed by atoms with Gasteiger partial charge in [-0.25, -0.2) is 9.97 Å². The van der Waals surface area contributed by atoms with Gasteiger partial charge in [-0.05, 0) is 45.9 Å². The third-order valence-corrected chi connectivity index (χ3v) is 6.59. The monoisotopic (exact) mass is 550 g/mol. The Kier molecular flexibility index (Phi) is 7.34. The maximum absolute atomic E-state index is 13.4. The van der Waals surface area contributed by atoms with Gasteiger partial charge in [-0.15, -0.1) is 0 Å². The van der Waals surface area contributed by atoms with Gasteiger partial charge in [0.05, 0.1) is 34.9 Å². The summed E-state index contributed by atoms with van der Waals surface area (Å²) in [5, 5.41) is 13.1. The fourth-order valence-corrected chi connectivity index (χ4v) is 4.47. The van der Waals surface area contributed by atoms with Gasteiger partial charge < -0.3 is 20.0 Å². The summed E-state index contributed by atoms with van der Waals surface area (Å²) >= 11 is 0. The Morgan fingerprint density at radius 2 is 1.68 bits per heavy atom. The van der Waals surface area contributed by atoms with Crippen LogP contribution in [0.1, 0.15) is 55.5 Å². The number of aromatic amines is 1. The van der Waals surface area contributed by atoms with Gasteiger partial charge in [-0.2, -0.15) is 0 Å². The number of hydrogen-bond acceptors (Lipinski definition) is 7. The molecule has 4 heterocycles. The van der Waals surface area contributed by atoms with Gasteiger partial charge in [0, 0.05) is 35.5 Å². The van der Waals surface area contributed by atoms with Gasteiger partial charge in [0.15, 0.2) is 5.65 Å². The van der Waals surface area contributed by atoms with E-state index in [-0.39, 0.29) is 34.9 Å². The molecule has 208 valence electrons. The number of H-pyrrole nitrogens is 1. The number of nitrogens with zero attached hydrogens (tertiary/aromatic N) is 4. The molecule has 0 unspecified atom stereocenters. The van der Waals surface area contributed by atoms with Crippen LogP contribution >= 0.6 is 0 Å². The summed E-state index contributed by atoms with van der Waals surface area (Å²) in [6, 6.07) is 18.8. The summed E-state index contributed by atoms with van der Waals surface area (Å²) in [7, 11) is 0. The lowest BCUT2D eigenvalue weighted by Crippen LogP contribution is -2.26. The molecule has 0 aliphatic carbocycles. The maximum Gasteiger partial charge on any atom is 0.254 e. The molecule has 41 heavy (non-hydrogen) atoms. The first kappa shape index (κ1) is 27.6. The number of carbonyl (C=O) groups is 1. The largest absolute Gasteiger partial charge is 0.384 e. The van der Waals surface area contributed by atoms with Crippen LogP contribution in [0.3, 0.4) is 0 Å². The number of aliphatic hydroxyl groups is 1. The van der Waals surface area contributed by atoms with E-state index in [1.165, 1.54) is 12.1 Å². The van der Waals surface area contributed by atoms with Crippen LogP contribution < -0.4 is 16.4 Å². The molecule has 1 amide bonds. The highest BCUT2D eigenvalue weighted by molar-refractivity contribution is 6.04. The van der Waals surface area contributed by atoms with Crippen LogP contribution in [0.4, 0.5) is 0 Å². The molecular weight excluding hydrogens is 520 g/mol. The maximum atomic E-state index is 13.4. The highest BCUT2D eigenvalue weighted by Crippen LogP contribution is 2.31. The average Bonchev–Trinajstić information content (AvgIpc) is 2.95. The molecular formula is C31H30N6O4. The normalized spacial score (nSPS) is 11.7. The fraction of sp³-hybridized carbons (Fsp3) is 0.226. The Hall–Kier alpha value is -4.96. The van der Waals surface area contributed by atoms with Crippen LogP contribution in [0.15, 0.2) is 82.5 Å². The first-order valence-electron chi connectivity index (χ1n) is 13.2. The smallest absolute Gasteiger partial charge is 0.254 e. The van der Waals surface area contributed by atoms with E-state index in [0.717, 1.165) is 5.56 Å². The van der Waals surface area contributed by atoms with E-state index in [1.54, 1.807) is 48.9 Å². The number of carbonyl (C=O) groups excluding carboxylic acids is 1. The standard InChI is InChI=1S/C31H30N6O4/c1-18(2)37-17-20(13-14-25(37)39)27-26(19-9-6-5-7-10-19)36-29-28(35-27)22(15-24(38)34-29)30(40)32-16-21-11-8-12-23(33-21)31(3,4)41/h5-15,17-18,41H,16H2,1-4H3,(H,32,40)(H,34,36,38). The molecule has 3 N–H and O–H groups in total. The fourth-order valence-electron chi connectivity index (χ4n) is 4.47. The van der Waals surface area contributed by atoms with Crippen LogP contribution in [-0.2, 0) is 12.1 Å². The number of benzene rings is 1. The van der Waals surface area contributed by atoms with Crippen LogP contribution in [0, 0.1) is 0 Å². The van der Waals surface area contributed by atoms with E-state index in [9.17, 15) is 19.5 Å². The second-order valence-electron chi connectivity index (χ2n) is 10.5. The third kappa shape index (κ3) is 5.82. The molecule has 0 saturated carbocycles. The van der Waals surface area contributed by atoms with Gasteiger partial charge >= 0.3 is 0 Å². The summed E-state index contributed by atoms with van der Waals surface area (Å²) < 4.78 is 1.60. The van der Waals surface area contributed by atoms with Crippen molar-refractivity contribution in [1.82, 2.24) is 29.8 Å². The molecule has 5 rings (SSSR count). The Bertz CT molecular complexity index is 1870. The third-order valence-electron chi connectivity index (χ3n) is 6.59. The number of nitrogens with one attached hydrogen (secondary N) is 2. The molecule has 0 bridgehead atoms. The molecule has 0 saturated heterocycles. The molecule has 0 spiro atoms. The summed E-state index contributed by atoms with van der Waals surface area (Å²) in [6.07, 6.45) is 1.72. The van der Waals surface area contributed by atoms with Gasteiger partial charge in [0.1, 0.15) is 11.1 Å². The van der Waals surface area contributed by atoms with E-state index < -0.39 is 17.1 Å². The van der Waals surface area contributed by atoms with Crippen molar-refractivity contribution in [2.75, 3.05) is 0 Å². The average molecular weight is 551 g/mol. The summed E-state index contributed by atoms with van der Waals surface area (Å²) in [5.74, 6) is -0.531. The highest BCUT2D eigenvalue weighted by atomic mass is 16.3. The molecule has 0 aliphatic heterocycles. The number of hydrogen-bond donors (Lipinski definition) is 3. The van der Waals surface area contributed by atoms with Crippen molar-refractivity contribution >= 4 is 17.1 Å². The van der Waals surface area contributed by atoms with Gasteiger partial charge in [-0.3, -0.25) is 19.4 Å². The predicted octanol–water partition coefficient (Wildman–Crippen LogP) is 3.95. The van der Waals surface area contributed by atoms with E-state index in [1.807, 2.05) is 44.2 Å². The minimum atomic E-state index is -1.14. The van der Waals surface area contributed by atoms with Crippen molar-refractivity contribution in [2.24, 2.45) is 0 Å². The minimum absolute atomic E-state index is 0.0490. The molecule has 0 aliphatic rings. The van der Waals surface area contributed by atoms with Crippen LogP contribution in [0.5, 0.6) is 0 Å². The zero-order valence-corrected chi connectivity index (χ0v) is 23.2. The number of fused-ring (bicyclic) bond motifs is 1. The molecule has 4 aromatic heterocycles. The lowest BCUT2D eigenvalue weighted by atomic mass is 10.0. The van der Waals surface area contributed by atoms with Crippen molar-refractivity contribution in [3.8, 4) is 22.5 Å². The van der Waals surface area contributed by atoms with E-state index in [4.69, 9.17) is 9.97 Å². The lowest BCUT2D eigenvalue weighted by molar-refractivity contribution is 0.0736. The lowest BCUT2D eigenvalue weighted by Gasteiger charge is -2.17. The molecule has 0 radical (unpaired) electrons. The number of aromatic nitrogens is 5. The zero-order valence-electron chi connectivity index (χ0n) is 23.2. The second-order valence-corrected chi connectivity index (χ2v) is 10.5. The van der Waals surface area contributed by atoms with Crippen molar-refractivity contribution in [3.05, 3.63) is 111 Å². The van der Waals surface area contributed by atoms with Crippen LogP contribution in [-0.4, -0.2) is 35.5 Å². The van der Waals surface area contributed by atoms with Crippen molar-refractivity contribution in [2.45, 2.75) is 45.9 Å². The van der Waals surface area contributed by atoms with Crippen molar-refractivity contribution < 1.29 is 9.90 Å². The van der Waals surface area contributed by atoms with Crippen LogP contribution in [0.25, 0.3) is 33.7 Å². The predicted molar refractivity (Wildman–Crippen MR) is 156 cm³/mol. The van der Waals surface area contributed by atoms with Gasteiger partial charge in [0.25, 0.3) is 11.5 Å². The Morgan fingerprint density at radius 3 is 2.39 bits per heavy atom. The highest BCUT2D eigenvalue weighted by Gasteiger charge is 2.21. The first-order chi connectivity index (χ1) is 19.5. The number of rotatable bonds is 7. The van der Waals surface area contributed by atoms with Gasteiger partial charge in [0.2, 0.25) is 5.56 Å².